The molecule has 0 bridgehead atoms. The van der Waals surface area contributed by atoms with E-state index in [4.69, 9.17) is 4.74 Å². The summed E-state index contributed by atoms with van der Waals surface area (Å²) in [5.41, 5.74) is 0.826. The van der Waals surface area contributed by atoms with Crippen molar-refractivity contribution >= 4 is 34.6 Å². The van der Waals surface area contributed by atoms with Gasteiger partial charge in [0, 0.05) is 19.2 Å². The molecular formula is C16H17FN2O4S. The van der Waals surface area contributed by atoms with Crippen LogP contribution in [0.1, 0.15) is 24.3 Å². The van der Waals surface area contributed by atoms with E-state index in [1.165, 1.54) is 29.8 Å². The first-order valence-corrected chi connectivity index (χ1v) is 8.63. The van der Waals surface area contributed by atoms with E-state index in [1.54, 1.807) is 12.1 Å². The third-order valence-corrected chi connectivity index (χ3v) is 5.16. The van der Waals surface area contributed by atoms with Gasteiger partial charge in [-0.2, -0.15) is 0 Å². The number of cyclic esters (lactones) is 1. The maximum atomic E-state index is 14.5. The Morgan fingerprint density at radius 1 is 1.42 bits per heavy atom. The number of benzene rings is 1. The molecule has 24 heavy (non-hydrogen) atoms. The van der Waals surface area contributed by atoms with E-state index in [0.29, 0.717) is 23.4 Å². The Bertz CT molecular complexity index is 697. The van der Waals surface area contributed by atoms with Gasteiger partial charge in [-0.3, -0.25) is 14.5 Å². The van der Waals surface area contributed by atoms with Crippen molar-refractivity contribution in [3.63, 3.8) is 0 Å². The number of nitrogens with one attached hydrogen (secondary N) is 1. The molecule has 2 amide bonds. The highest BCUT2D eigenvalue weighted by molar-refractivity contribution is 8.13. The Labute approximate surface area is 142 Å². The van der Waals surface area contributed by atoms with Gasteiger partial charge >= 0.3 is 6.09 Å². The molecule has 128 valence electrons. The zero-order valence-corrected chi connectivity index (χ0v) is 13.9. The summed E-state index contributed by atoms with van der Waals surface area (Å²) in [6.07, 6.45) is -0.513. The maximum Gasteiger partial charge on any atom is 0.415 e. The molecule has 6 nitrogen and oxygen atoms in total. The Morgan fingerprint density at radius 2 is 2.21 bits per heavy atom. The van der Waals surface area contributed by atoms with Gasteiger partial charge in [-0.15, -0.1) is 0 Å². The number of ether oxygens (including phenoxy) is 1. The third-order valence-electron chi connectivity index (χ3n) is 4.23. The Balaban J connectivity index is 1.78. The summed E-state index contributed by atoms with van der Waals surface area (Å²) in [6, 6.07) is 4.49. The highest BCUT2D eigenvalue weighted by atomic mass is 32.2. The third kappa shape index (κ3) is 3.24. The number of thioether (sulfide) groups is 1. The molecule has 0 aromatic heterocycles. The van der Waals surface area contributed by atoms with Crippen LogP contribution in [-0.4, -0.2) is 42.6 Å². The molecule has 1 aromatic rings. The second-order valence-electron chi connectivity index (χ2n) is 5.71. The minimum atomic E-state index is -0.904. The van der Waals surface area contributed by atoms with Crippen molar-refractivity contribution < 1.29 is 23.5 Å². The fourth-order valence-corrected chi connectivity index (χ4v) is 3.88. The van der Waals surface area contributed by atoms with Crippen molar-refractivity contribution in [1.29, 1.82) is 0 Å². The number of anilines is 1. The van der Waals surface area contributed by atoms with E-state index in [-0.39, 0.29) is 17.6 Å². The van der Waals surface area contributed by atoms with E-state index in [1.807, 2.05) is 0 Å². The van der Waals surface area contributed by atoms with Gasteiger partial charge in [0.15, 0.2) is 11.2 Å². The summed E-state index contributed by atoms with van der Waals surface area (Å²) in [7, 11) is 1.46. The average Bonchev–Trinajstić information content (AvgIpc) is 2.96. The van der Waals surface area contributed by atoms with Crippen LogP contribution < -0.4 is 10.2 Å². The molecule has 2 atom stereocenters. The highest BCUT2D eigenvalue weighted by Crippen LogP contribution is 2.35. The van der Waals surface area contributed by atoms with Crippen LogP contribution >= 0.6 is 11.8 Å². The molecule has 0 aliphatic carbocycles. The Kier molecular flexibility index (Phi) is 4.75. The summed E-state index contributed by atoms with van der Waals surface area (Å²) in [4.78, 5) is 36.2. The number of halogens is 1. The van der Waals surface area contributed by atoms with Crippen LogP contribution in [0.25, 0.3) is 0 Å². The molecule has 2 fully saturated rings. The zero-order valence-electron chi connectivity index (χ0n) is 13.1. The number of carbonyl (C=O) groups excluding carboxylic acids is 3. The fourth-order valence-electron chi connectivity index (χ4n) is 2.93. The standard InChI is InChI=1S/C16H17FN2O4S/c1-18-15(21)13-8-19(16(22)23-13)10-2-3-11(12(17)7-10)9-4-5-24-14(20)6-9/h2-3,7,9,13H,4-6,8H2,1H3,(H,18,21)/t9?,13-/m1/s1. The normalized spacial score (nSPS) is 24.0. The van der Waals surface area contributed by atoms with Crippen molar-refractivity contribution in [1.82, 2.24) is 5.32 Å². The van der Waals surface area contributed by atoms with Crippen LogP contribution in [0, 0.1) is 5.82 Å². The highest BCUT2D eigenvalue weighted by Gasteiger charge is 2.37. The van der Waals surface area contributed by atoms with Gasteiger partial charge in [-0.05, 0) is 30.0 Å². The number of hydrogen-bond donors (Lipinski definition) is 1. The predicted octanol–water partition coefficient (Wildman–Crippen LogP) is 2.03. The summed E-state index contributed by atoms with van der Waals surface area (Å²) in [5, 5.41) is 2.49. The molecule has 1 N–H and O–H groups in total. The van der Waals surface area contributed by atoms with Gasteiger partial charge in [-0.25, -0.2) is 9.18 Å². The first-order valence-electron chi connectivity index (χ1n) is 7.64. The van der Waals surface area contributed by atoms with Crippen LogP contribution in [-0.2, 0) is 14.3 Å². The van der Waals surface area contributed by atoms with Crippen LogP contribution in [0.15, 0.2) is 18.2 Å². The van der Waals surface area contributed by atoms with Gasteiger partial charge in [0.2, 0.25) is 0 Å². The van der Waals surface area contributed by atoms with Gasteiger partial charge < -0.3 is 10.1 Å². The van der Waals surface area contributed by atoms with Gasteiger partial charge in [-0.1, -0.05) is 17.8 Å². The topological polar surface area (TPSA) is 75.7 Å². The van der Waals surface area contributed by atoms with E-state index in [0.717, 1.165) is 6.42 Å². The van der Waals surface area contributed by atoms with E-state index in [2.05, 4.69) is 5.32 Å². The lowest BCUT2D eigenvalue weighted by molar-refractivity contribution is -0.127. The molecule has 1 unspecified atom stereocenters. The van der Waals surface area contributed by atoms with Crippen LogP contribution in [0.4, 0.5) is 14.9 Å². The van der Waals surface area contributed by atoms with E-state index >= 15 is 0 Å². The maximum absolute atomic E-state index is 14.5. The molecule has 0 saturated carbocycles. The lowest BCUT2D eigenvalue weighted by Crippen LogP contribution is -2.35. The first kappa shape index (κ1) is 16.8. The van der Waals surface area contributed by atoms with Gasteiger partial charge in [0.05, 0.1) is 12.2 Å². The molecule has 2 aliphatic heterocycles. The molecular weight excluding hydrogens is 335 g/mol. The molecule has 3 rings (SSSR count). The number of amides is 2. The first-order chi connectivity index (χ1) is 11.5. The smallest absolute Gasteiger partial charge is 0.415 e. The second-order valence-corrected chi connectivity index (χ2v) is 6.87. The van der Waals surface area contributed by atoms with E-state index < -0.39 is 23.9 Å². The minimum absolute atomic E-state index is 0.0375. The van der Waals surface area contributed by atoms with Crippen LogP contribution in [0.5, 0.6) is 0 Å². The van der Waals surface area contributed by atoms with Crippen molar-refractivity contribution in [2.75, 3.05) is 24.2 Å². The summed E-state index contributed by atoms with van der Waals surface area (Å²) in [6.45, 7) is 0.0375. The molecule has 1 aromatic carbocycles. The number of likely N-dealkylation sites (N-methyl/N-ethyl adjacent to an activating group) is 1. The SMILES string of the molecule is CNC(=O)[C@H]1CN(c2ccc(C3CCSC(=O)C3)c(F)c2)C(=O)O1. The van der Waals surface area contributed by atoms with Gasteiger partial charge in [0.1, 0.15) is 5.82 Å². The monoisotopic (exact) mass is 352 g/mol. The number of rotatable bonds is 3. The van der Waals surface area contributed by atoms with Crippen molar-refractivity contribution in [2.24, 2.45) is 0 Å². The quantitative estimate of drug-likeness (QED) is 0.901. The summed E-state index contributed by atoms with van der Waals surface area (Å²) in [5.74, 6) is -0.289. The predicted molar refractivity (Wildman–Crippen MR) is 87.5 cm³/mol. The van der Waals surface area contributed by atoms with Crippen molar-refractivity contribution in [3.05, 3.63) is 29.6 Å². The number of nitrogens with zero attached hydrogens (tertiary/aromatic N) is 1. The average molecular weight is 352 g/mol. The lowest BCUT2D eigenvalue weighted by Gasteiger charge is -2.22. The lowest BCUT2D eigenvalue weighted by atomic mass is 9.92. The van der Waals surface area contributed by atoms with Crippen LogP contribution in [0.3, 0.4) is 0 Å². The number of carbonyl (C=O) groups is 3. The Hall–Kier alpha value is -2.09. The fraction of sp³-hybridized carbons (Fsp3) is 0.438. The van der Waals surface area contributed by atoms with Crippen LogP contribution in [0.2, 0.25) is 0 Å². The van der Waals surface area contributed by atoms with Crippen molar-refractivity contribution in [2.45, 2.75) is 24.9 Å². The molecule has 2 aliphatic rings. The molecule has 2 saturated heterocycles. The van der Waals surface area contributed by atoms with E-state index in [9.17, 15) is 18.8 Å². The molecule has 0 spiro atoms. The molecule has 2 heterocycles. The second kappa shape index (κ2) is 6.80. The zero-order chi connectivity index (χ0) is 17.3. The molecule has 8 heteroatoms. The molecule has 0 radical (unpaired) electrons. The summed E-state index contributed by atoms with van der Waals surface area (Å²) >= 11 is 1.28. The summed E-state index contributed by atoms with van der Waals surface area (Å²) < 4.78 is 19.5. The number of hydrogen-bond acceptors (Lipinski definition) is 5. The van der Waals surface area contributed by atoms with Gasteiger partial charge in [0.25, 0.3) is 5.91 Å². The van der Waals surface area contributed by atoms with Crippen molar-refractivity contribution in [3.8, 4) is 0 Å². The minimum Gasteiger partial charge on any atom is -0.434 e. The Morgan fingerprint density at radius 3 is 2.88 bits per heavy atom. The largest absolute Gasteiger partial charge is 0.434 e.